The largest absolute Gasteiger partial charge is 0.466 e. The Kier molecular flexibility index (Phi) is 10.4. The van der Waals surface area contributed by atoms with Crippen molar-refractivity contribution in [2.24, 2.45) is 0 Å². The summed E-state index contributed by atoms with van der Waals surface area (Å²) in [6.45, 7) is 3.23. The van der Waals surface area contributed by atoms with Crippen LogP contribution < -0.4 is 4.18 Å². The van der Waals surface area contributed by atoms with Gasteiger partial charge in [-0.2, -0.15) is 21.6 Å². The summed E-state index contributed by atoms with van der Waals surface area (Å²) in [4.78, 5) is 26.2. The fourth-order valence-electron chi connectivity index (χ4n) is 4.00. The van der Waals surface area contributed by atoms with Crippen LogP contribution in [0.1, 0.15) is 36.1 Å². The maximum atomic E-state index is 13.7. The summed E-state index contributed by atoms with van der Waals surface area (Å²) in [5.41, 5.74) is 0.548. The number of esters is 1. The Morgan fingerprint density at radius 1 is 0.878 bits per heavy atom. The normalized spacial score (nSPS) is 11.6. The van der Waals surface area contributed by atoms with E-state index >= 15 is 0 Å². The Morgan fingerprint density at radius 2 is 1.59 bits per heavy atom. The van der Waals surface area contributed by atoms with Crippen LogP contribution in [0, 0.1) is 0 Å². The summed E-state index contributed by atoms with van der Waals surface area (Å²) in [5, 5.41) is 0. The van der Waals surface area contributed by atoms with Crippen LogP contribution in [0.25, 0.3) is 11.1 Å². The predicted octanol–water partition coefficient (Wildman–Crippen LogP) is 5.98. The number of carbonyl (C=O) groups excluding carboxylic acids is 2. The Morgan fingerprint density at radius 3 is 2.20 bits per heavy atom. The highest BCUT2D eigenvalue weighted by atomic mass is 32.2. The number of rotatable bonds is 11. The van der Waals surface area contributed by atoms with E-state index in [1.165, 1.54) is 29.2 Å². The molecule has 12 heteroatoms. The van der Waals surface area contributed by atoms with Gasteiger partial charge in [0.2, 0.25) is 0 Å². The van der Waals surface area contributed by atoms with E-state index in [-0.39, 0.29) is 55.2 Å². The van der Waals surface area contributed by atoms with E-state index in [2.05, 4.69) is 0 Å². The zero-order valence-electron chi connectivity index (χ0n) is 22.7. The van der Waals surface area contributed by atoms with Crippen molar-refractivity contribution in [1.82, 2.24) is 4.90 Å². The first kappa shape index (κ1) is 31.5. The van der Waals surface area contributed by atoms with Crippen LogP contribution in [0.3, 0.4) is 0 Å². The van der Waals surface area contributed by atoms with E-state index in [1.54, 1.807) is 38.1 Å². The topological polar surface area (TPSA) is 99.2 Å². The molecular weight excluding hydrogens is 563 g/mol. The summed E-state index contributed by atoms with van der Waals surface area (Å²) in [6.07, 6.45) is -4.76. The van der Waals surface area contributed by atoms with Crippen molar-refractivity contribution in [2.75, 3.05) is 19.4 Å². The minimum atomic E-state index is -4.68. The molecule has 0 aromatic heterocycles. The maximum absolute atomic E-state index is 13.7. The van der Waals surface area contributed by atoms with Crippen LogP contribution in [-0.2, 0) is 50.1 Å². The molecular formula is C29H30F3NO7S. The summed E-state index contributed by atoms with van der Waals surface area (Å²) >= 11 is 0. The SMILES string of the molecule is CCOC(=O)Cc1ccc(OS(C)(=O)=O)c(-c2ccc(C(F)(F)F)cc2CN(CC)C(=O)OCc2ccccc2)c1. The molecule has 0 aliphatic rings. The third-order valence-corrected chi connectivity index (χ3v) is 6.35. The van der Waals surface area contributed by atoms with Crippen molar-refractivity contribution < 1.29 is 44.8 Å². The third-order valence-electron chi connectivity index (χ3n) is 5.87. The van der Waals surface area contributed by atoms with E-state index < -0.39 is 33.9 Å². The monoisotopic (exact) mass is 593 g/mol. The number of carbonyl (C=O) groups is 2. The lowest BCUT2D eigenvalue weighted by molar-refractivity contribution is -0.142. The van der Waals surface area contributed by atoms with Crippen LogP contribution in [0.15, 0.2) is 66.7 Å². The first-order valence-corrected chi connectivity index (χ1v) is 14.5. The molecule has 0 aliphatic heterocycles. The van der Waals surface area contributed by atoms with Gasteiger partial charge in [0.15, 0.2) is 0 Å². The van der Waals surface area contributed by atoms with Crippen molar-refractivity contribution in [2.45, 2.75) is 39.6 Å². The number of ether oxygens (including phenoxy) is 2. The van der Waals surface area contributed by atoms with Crippen LogP contribution in [-0.4, -0.2) is 44.8 Å². The molecule has 220 valence electrons. The standard InChI is InChI=1S/C29H30F3NO7S/c1-4-33(28(35)39-19-20-9-7-6-8-10-20)18-22-17-23(29(30,31)32)12-13-24(22)25-15-21(16-27(34)38-5-2)11-14-26(25)40-41(3,36)37/h6-15,17H,4-5,16,18-19H2,1-3H3. The van der Waals surface area contributed by atoms with Gasteiger partial charge in [0, 0.05) is 18.7 Å². The van der Waals surface area contributed by atoms with Crippen molar-refractivity contribution in [3.63, 3.8) is 0 Å². The molecule has 0 unspecified atom stereocenters. The molecule has 3 aromatic carbocycles. The maximum Gasteiger partial charge on any atom is 0.416 e. The first-order chi connectivity index (χ1) is 19.3. The molecule has 0 saturated heterocycles. The van der Waals surface area contributed by atoms with Gasteiger partial charge < -0.3 is 18.6 Å². The molecule has 0 heterocycles. The van der Waals surface area contributed by atoms with Gasteiger partial charge in [-0.3, -0.25) is 4.79 Å². The Labute approximate surface area is 236 Å². The fraction of sp³-hybridized carbons (Fsp3) is 0.310. The second-order valence-electron chi connectivity index (χ2n) is 9.02. The number of hydrogen-bond acceptors (Lipinski definition) is 7. The van der Waals surface area contributed by atoms with Gasteiger partial charge in [0.25, 0.3) is 0 Å². The van der Waals surface area contributed by atoms with E-state index in [0.717, 1.165) is 24.0 Å². The molecule has 41 heavy (non-hydrogen) atoms. The van der Waals surface area contributed by atoms with Crippen molar-refractivity contribution in [3.05, 3.63) is 89.0 Å². The third kappa shape index (κ3) is 9.24. The van der Waals surface area contributed by atoms with E-state index in [0.29, 0.717) is 5.56 Å². The second kappa shape index (κ2) is 13.5. The zero-order valence-corrected chi connectivity index (χ0v) is 23.5. The van der Waals surface area contributed by atoms with Gasteiger partial charge in [0.1, 0.15) is 12.4 Å². The number of halogens is 3. The van der Waals surface area contributed by atoms with Gasteiger partial charge in [-0.05, 0) is 60.4 Å². The number of alkyl halides is 3. The molecule has 0 spiro atoms. The first-order valence-electron chi connectivity index (χ1n) is 12.6. The second-order valence-corrected chi connectivity index (χ2v) is 10.6. The number of amides is 1. The van der Waals surface area contributed by atoms with Crippen molar-refractivity contribution in [3.8, 4) is 16.9 Å². The van der Waals surface area contributed by atoms with Gasteiger partial charge in [-0.1, -0.05) is 42.5 Å². The smallest absolute Gasteiger partial charge is 0.416 e. The lowest BCUT2D eigenvalue weighted by atomic mass is 9.94. The Balaban J connectivity index is 2.07. The highest BCUT2D eigenvalue weighted by Crippen LogP contribution is 2.38. The predicted molar refractivity (Wildman–Crippen MR) is 145 cm³/mol. The number of hydrogen-bond donors (Lipinski definition) is 0. The van der Waals surface area contributed by atoms with E-state index in [4.69, 9.17) is 13.7 Å². The summed E-state index contributed by atoms with van der Waals surface area (Å²) in [5.74, 6) is -0.697. The Bertz CT molecular complexity index is 1480. The van der Waals surface area contributed by atoms with E-state index in [1.807, 2.05) is 6.07 Å². The quantitative estimate of drug-likeness (QED) is 0.199. The molecule has 3 aromatic rings. The highest BCUT2D eigenvalue weighted by Gasteiger charge is 2.32. The van der Waals surface area contributed by atoms with Crippen molar-refractivity contribution >= 4 is 22.2 Å². The minimum absolute atomic E-state index is 0.0339. The number of nitrogens with zero attached hydrogens (tertiary/aromatic N) is 1. The fourth-order valence-corrected chi connectivity index (χ4v) is 4.47. The summed E-state index contributed by atoms with van der Waals surface area (Å²) < 4.78 is 80.6. The molecule has 0 bridgehead atoms. The molecule has 1 amide bonds. The highest BCUT2D eigenvalue weighted by molar-refractivity contribution is 7.86. The molecule has 8 nitrogen and oxygen atoms in total. The van der Waals surface area contributed by atoms with Crippen LogP contribution >= 0.6 is 0 Å². The molecule has 0 fully saturated rings. The summed E-state index contributed by atoms with van der Waals surface area (Å²) in [6, 6.07) is 16.1. The van der Waals surface area contributed by atoms with Gasteiger partial charge in [-0.25, -0.2) is 4.79 Å². The summed E-state index contributed by atoms with van der Waals surface area (Å²) in [7, 11) is -4.03. The lowest BCUT2D eigenvalue weighted by Gasteiger charge is -2.23. The lowest BCUT2D eigenvalue weighted by Crippen LogP contribution is -2.31. The van der Waals surface area contributed by atoms with Gasteiger partial charge >= 0.3 is 28.4 Å². The average Bonchev–Trinajstić information content (AvgIpc) is 2.90. The molecule has 0 aliphatic carbocycles. The molecule has 3 rings (SSSR count). The van der Waals surface area contributed by atoms with Gasteiger partial charge in [-0.15, -0.1) is 0 Å². The molecule has 0 saturated carbocycles. The average molecular weight is 594 g/mol. The zero-order chi connectivity index (χ0) is 30.2. The number of benzene rings is 3. The van der Waals surface area contributed by atoms with E-state index in [9.17, 15) is 31.2 Å². The van der Waals surface area contributed by atoms with Crippen LogP contribution in [0.4, 0.5) is 18.0 Å². The Hall–Kier alpha value is -4.06. The molecule has 0 N–H and O–H groups in total. The molecule has 0 atom stereocenters. The van der Waals surface area contributed by atoms with Gasteiger partial charge in [0.05, 0.1) is 24.8 Å². The minimum Gasteiger partial charge on any atom is -0.466 e. The van der Waals surface area contributed by atoms with Crippen LogP contribution in [0.5, 0.6) is 5.75 Å². The van der Waals surface area contributed by atoms with Crippen LogP contribution in [0.2, 0.25) is 0 Å². The molecule has 0 radical (unpaired) electrons. The van der Waals surface area contributed by atoms with Crippen molar-refractivity contribution in [1.29, 1.82) is 0 Å².